The highest BCUT2D eigenvalue weighted by Gasteiger charge is 2.30. The minimum absolute atomic E-state index is 0.166. The fraction of sp³-hybridized carbons (Fsp3) is 0.542. The van der Waals surface area contributed by atoms with E-state index in [-0.39, 0.29) is 16.3 Å². The van der Waals surface area contributed by atoms with Crippen molar-refractivity contribution in [3.63, 3.8) is 0 Å². The summed E-state index contributed by atoms with van der Waals surface area (Å²) < 4.78 is 35.8. The Morgan fingerprint density at radius 3 is 2.56 bits per heavy atom. The van der Waals surface area contributed by atoms with Gasteiger partial charge in [-0.05, 0) is 57.2 Å². The number of hydrogen-bond donors (Lipinski definition) is 1. The third-order valence-electron chi connectivity index (χ3n) is 6.51. The van der Waals surface area contributed by atoms with E-state index in [1.54, 1.807) is 33.9 Å². The van der Waals surface area contributed by atoms with Gasteiger partial charge < -0.3 is 9.72 Å². The molecule has 3 heterocycles. The van der Waals surface area contributed by atoms with Crippen LogP contribution in [0, 0.1) is 12.8 Å². The maximum Gasteiger partial charge on any atom is 0.277 e. The predicted molar refractivity (Wildman–Crippen MR) is 131 cm³/mol. The quantitative estimate of drug-likeness (QED) is 0.520. The lowest BCUT2D eigenvalue weighted by atomic mass is 9.96. The number of H-pyrrole nitrogens is 1. The Bertz CT molecular complexity index is 1340. The second-order valence-electron chi connectivity index (χ2n) is 8.77. The number of rotatable bonds is 8. The zero-order valence-corrected chi connectivity index (χ0v) is 21.1. The highest BCUT2D eigenvalue weighted by Crippen LogP contribution is 2.32. The second kappa shape index (κ2) is 9.87. The third kappa shape index (κ3) is 4.48. The summed E-state index contributed by atoms with van der Waals surface area (Å²) in [6.45, 7) is 9.23. The first kappa shape index (κ1) is 24.4. The van der Waals surface area contributed by atoms with Crippen LogP contribution >= 0.6 is 0 Å². The van der Waals surface area contributed by atoms with Crippen LogP contribution in [0.5, 0.6) is 5.75 Å². The van der Waals surface area contributed by atoms with E-state index in [0.717, 1.165) is 25.7 Å². The summed E-state index contributed by atoms with van der Waals surface area (Å²) in [4.78, 5) is 20.4. The van der Waals surface area contributed by atoms with Gasteiger partial charge in [-0.1, -0.05) is 20.3 Å². The van der Waals surface area contributed by atoms with Crippen molar-refractivity contribution >= 4 is 15.5 Å². The number of nitrogens with zero attached hydrogens (tertiary/aromatic N) is 4. The van der Waals surface area contributed by atoms with Gasteiger partial charge in [0.05, 0.1) is 22.8 Å². The molecule has 0 spiro atoms. The first-order valence-electron chi connectivity index (χ1n) is 12.1. The molecule has 9 nitrogen and oxygen atoms in total. The first-order valence-corrected chi connectivity index (χ1v) is 13.5. The number of hydrogen-bond acceptors (Lipinski definition) is 6. The molecule has 1 aliphatic heterocycles. The molecule has 184 valence electrons. The van der Waals surface area contributed by atoms with Gasteiger partial charge in [-0.3, -0.25) is 4.79 Å². The van der Waals surface area contributed by atoms with E-state index >= 15 is 0 Å². The smallest absolute Gasteiger partial charge is 0.277 e. The highest BCUT2D eigenvalue weighted by molar-refractivity contribution is 7.89. The minimum Gasteiger partial charge on any atom is -0.493 e. The van der Waals surface area contributed by atoms with Crippen molar-refractivity contribution in [3.05, 3.63) is 40.1 Å². The number of benzene rings is 1. The average Bonchev–Trinajstić information content (AvgIpc) is 3.15. The normalized spacial score (nSPS) is 15.8. The monoisotopic (exact) mass is 487 g/mol. The van der Waals surface area contributed by atoms with Crippen molar-refractivity contribution < 1.29 is 13.2 Å². The first-order chi connectivity index (χ1) is 16.3. The Morgan fingerprint density at radius 2 is 1.91 bits per heavy atom. The highest BCUT2D eigenvalue weighted by atomic mass is 32.2. The van der Waals surface area contributed by atoms with E-state index < -0.39 is 10.0 Å². The van der Waals surface area contributed by atoms with Crippen molar-refractivity contribution in [2.24, 2.45) is 5.92 Å². The summed E-state index contributed by atoms with van der Waals surface area (Å²) in [5.41, 5.74) is 1.11. The van der Waals surface area contributed by atoms with Crippen LogP contribution in [-0.2, 0) is 16.4 Å². The molecule has 0 unspecified atom stereocenters. The van der Waals surface area contributed by atoms with Gasteiger partial charge in [-0.15, -0.1) is 5.10 Å². The summed E-state index contributed by atoms with van der Waals surface area (Å²) >= 11 is 0. The van der Waals surface area contributed by atoms with E-state index in [2.05, 4.69) is 22.0 Å². The summed E-state index contributed by atoms with van der Waals surface area (Å²) in [6.07, 6.45) is 4.33. The molecule has 2 aromatic heterocycles. The van der Waals surface area contributed by atoms with Crippen LogP contribution in [-0.4, -0.2) is 52.0 Å². The summed E-state index contributed by atoms with van der Waals surface area (Å²) in [6, 6.07) is 4.76. The van der Waals surface area contributed by atoms with E-state index in [9.17, 15) is 13.2 Å². The van der Waals surface area contributed by atoms with Crippen molar-refractivity contribution in [1.82, 2.24) is 23.9 Å². The van der Waals surface area contributed by atoms with Gasteiger partial charge in [-0.2, -0.15) is 4.31 Å². The maximum absolute atomic E-state index is 13.4. The lowest BCUT2D eigenvalue weighted by molar-refractivity contribution is 0.269. The number of sulfonamides is 1. The van der Waals surface area contributed by atoms with Crippen LogP contribution in [0.2, 0.25) is 0 Å². The predicted octanol–water partition coefficient (Wildman–Crippen LogP) is 3.55. The van der Waals surface area contributed by atoms with E-state index in [1.165, 1.54) is 0 Å². The SMILES string of the molecule is CCCc1nc(C)c2c(=O)[nH]c(-c3cc(S(=O)(=O)N4CCC(CC)CC4)ccc3OCC)nn12. The van der Waals surface area contributed by atoms with Crippen LogP contribution < -0.4 is 10.3 Å². The number of nitrogens with one attached hydrogen (secondary N) is 1. The average molecular weight is 488 g/mol. The lowest BCUT2D eigenvalue weighted by Crippen LogP contribution is -2.38. The van der Waals surface area contributed by atoms with Gasteiger partial charge in [0.25, 0.3) is 5.56 Å². The Balaban J connectivity index is 1.82. The maximum atomic E-state index is 13.4. The molecule has 10 heteroatoms. The number of aromatic amines is 1. The lowest BCUT2D eigenvalue weighted by Gasteiger charge is -2.30. The largest absolute Gasteiger partial charge is 0.493 e. The molecule has 0 radical (unpaired) electrons. The van der Waals surface area contributed by atoms with Crippen LogP contribution in [0.15, 0.2) is 27.9 Å². The topological polar surface area (TPSA) is 110 Å². The molecule has 1 saturated heterocycles. The Hall–Kier alpha value is -2.72. The molecule has 0 atom stereocenters. The molecule has 4 rings (SSSR count). The van der Waals surface area contributed by atoms with Gasteiger partial charge in [-0.25, -0.2) is 17.9 Å². The van der Waals surface area contributed by atoms with E-state index in [4.69, 9.17) is 4.74 Å². The fourth-order valence-electron chi connectivity index (χ4n) is 4.59. The number of aromatic nitrogens is 4. The Kier molecular flexibility index (Phi) is 7.09. The molecule has 1 fully saturated rings. The van der Waals surface area contributed by atoms with Gasteiger partial charge in [0, 0.05) is 19.5 Å². The second-order valence-corrected chi connectivity index (χ2v) is 10.7. The zero-order chi connectivity index (χ0) is 24.5. The molecule has 1 N–H and O–H groups in total. The molecule has 0 amide bonds. The van der Waals surface area contributed by atoms with Gasteiger partial charge in [0.2, 0.25) is 10.0 Å². The van der Waals surface area contributed by atoms with Crippen LogP contribution in [0.1, 0.15) is 58.0 Å². The fourth-order valence-corrected chi connectivity index (χ4v) is 6.08. The molecule has 3 aromatic rings. The summed E-state index contributed by atoms with van der Waals surface area (Å²) in [7, 11) is -3.68. The molecular formula is C24H33N5O4S. The van der Waals surface area contributed by atoms with Crippen molar-refractivity contribution in [3.8, 4) is 17.1 Å². The molecule has 0 aliphatic carbocycles. The molecule has 1 aliphatic rings. The van der Waals surface area contributed by atoms with Crippen molar-refractivity contribution in [1.29, 1.82) is 0 Å². The third-order valence-corrected chi connectivity index (χ3v) is 8.41. The number of ether oxygens (including phenoxy) is 1. The van der Waals surface area contributed by atoms with Crippen molar-refractivity contribution in [2.45, 2.75) is 64.7 Å². The van der Waals surface area contributed by atoms with Gasteiger partial charge in [0.1, 0.15) is 11.6 Å². The zero-order valence-electron chi connectivity index (χ0n) is 20.3. The van der Waals surface area contributed by atoms with E-state index in [1.807, 2.05) is 13.8 Å². The Morgan fingerprint density at radius 1 is 1.18 bits per heavy atom. The van der Waals surface area contributed by atoms with Crippen LogP contribution in [0.25, 0.3) is 16.9 Å². The number of aryl methyl sites for hydroxylation is 2. The molecular weight excluding hydrogens is 454 g/mol. The van der Waals surface area contributed by atoms with Gasteiger partial charge >= 0.3 is 0 Å². The van der Waals surface area contributed by atoms with E-state index in [0.29, 0.717) is 60.4 Å². The molecule has 0 saturated carbocycles. The van der Waals surface area contributed by atoms with Crippen LogP contribution in [0.4, 0.5) is 0 Å². The van der Waals surface area contributed by atoms with Gasteiger partial charge in [0.15, 0.2) is 11.3 Å². The van der Waals surface area contributed by atoms with Crippen LogP contribution in [0.3, 0.4) is 0 Å². The minimum atomic E-state index is -3.68. The number of fused-ring (bicyclic) bond motifs is 1. The number of piperidine rings is 1. The molecule has 0 bridgehead atoms. The summed E-state index contributed by atoms with van der Waals surface area (Å²) in [5.74, 6) is 1.97. The number of imidazole rings is 1. The molecule has 34 heavy (non-hydrogen) atoms. The van der Waals surface area contributed by atoms with Crippen molar-refractivity contribution in [2.75, 3.05) is 19.7 Å². The molecule has 1 aromatic carbocycles. The Labute approximate surface area is 200 Å². The summed E-state index contributed by atoms with van der Waals surface area (Å²) in [5, 5.41) is 4.66. The standard InChI is InChI=1S/C24H33N5O4S/c1-5-8-21-25-16(4)22-24(30)26-23(27-29(21)22)19-15-18(9-10-20(19)33-7-3)34(31,32)28-13-11-17(6-2)12-14-28/h9-10,15,17H,5-8,11-14H2,1-4H3,(H,26,27,30).